The van der Waals surface area contributed by atoms with Gasteiger partial charge in [0.25, 0.3) is 0 Å². The number of benzene rings is 1. The SMILES string of the molecule is Nc1ccc(-n2ccc(=O)cn2)cc1. The Morgan fingerprint density at radius 3 is 2.43 bits per heavy atom. The van der Waals surface area contributed by atoms with Gasteiger partial charge in [-0.3, -0.25) is 4.79 Å². The molecule has 0 aliphatic rings. The minimum absolute atomic E-state index is 0.100. The average molecular weight is 187 g/mol. The van der Waals surface area contributed by atoms with Crippen molar-refractivity contribution in [2.24, 2.45) is 0 Å². The highest BCUT2D eigenvalue weighted by Crippen LogP contribution is 2.08. The van der Waals surface area contributed by atoms with Gasteiger partial charge in [0.1, 0.15) is 0 Å². The predicted molar refractivity (Wildman–Crippen MR) is 54.2 cm³/mol. The molecule has 2 aromatic rings. The van der Waals surface area contributed by atoms with E-state index in [9.17, 15) is 4.79 Å². The van der Waals surface area contributed by atoms with Crippen molar-refractivity contribution in [3.8, 4) is 5.69 Å². The summed E-state index contributed by atoms with van der Waals surface area (Å²) in [5.74, 6) is 0. The van der Waals surface area contributed by atoms with Crippen molar-refractivity contribution in [3.05, 3.63) is 52.9 Å². The minimum atomic E-state index is -0.100. The first kappa shape index (κ1) is 8.50. The maximum Gasteiger partial charge on any atom is 0.200 e. The van der Waals surface area contributed by atoms with E-state index in [0.717, 1.165) is 5.69 Å². The molecule has 4 nitrogen and oxygen atoms in total. The molecule has 0 spiro atoms. The van der Waals surface area contributed by atoms with E-state index in [1.54, 1.807) is 23.0 Å². The molecule has 0 bridgehead atoms. The molecule has 0 unspecified atom stereocenters. The van der Waals surface area contributed by atoms with Crippen LogP contribution in [0.4, 0.5) is 5.69 Å². The monoisotopic (exact) mass is 187 g/mol. The van der Waals surface area contributed by atoms with Crippen LogP contribution in [-0.2, 0) is 0 Å². The van der Waals surface area contributed by atoms with Crippen LogP contribution in [0, 0.1) is 0 Å². The molecular weight excluding hydrogens is 178 g/mol. The number of nitrogen functional groups attached to an aromatic ring is 1. The largest absolute Gasteiger partial charge is 0.399 e. The van der Waals surface area contributed by atoms with E-state index in [4.69, 9.17) is 5.73 Å². The molecule has 0 saturated carbocycles. The topological polar surface area (TPSA) is 60.9 Å². The van der Waals surface area contributed by atoms with Gasteiger partial charge in [0.2, 0.25) is 0 Å². The van der Waals surface area contributed by atoms with Gasteiger partial charge in [0.15, 0.2) is 5.43 Å². The molecule has 2 rings (SSSR count). The van der Waals surface area contributed by atoms with Gasteiger partial charge in [-0.15, -0.1) is 0 Å². The fourth-order valence-corrected chi connectivity index (χ4v) is 1.12. The molecule has 4 heteroatoms. The third-order valence-corrected chi connectivity index (χ3v) is 1.85. The maximum atomic E-state index is 10.8. The highest BCUT2D eigenvalue weighted by atomic mass is 16.1. The van der Waals surface area contributed by atoms with Crippen molar-refractivity contribution in [3.63, 3.8) is 0 Å². The quantitative estimate of drug-likeness (QED) is 0.672. The van der Waals surface area contributed by atoms with Crippen LogP contribution in [0.1, 0.15) is 0 Å². The minimum Gasteiger partial charge on any atom is -0.399 e. The molecule has 2 N–H and O–H groups in total. The summed E-state index contributed by atoms with van der Waals surface area (Å²) < 4.78 is 1.61. The first-order chi connectivity index (χ1) is 6.75. The highest BCUT2D eigenvalue weighted by Gasteiger charge is 1.94. The van der Waals surface area contributed by atoms with Crippen molar-refractivity contribution in [1.29, 1.82) is 0 Å². The summed E-state index contributed by atoms with van der Waals surface area (Å²) >= 11 is 0. The summed E-state index contributed by atoms with van der Waals surface area (Å²) in [5.41, 5.74) is 7.03. The lowest BCUT2D eigenvalue weighted by Crippen LogP contribution is -2.06. The van der Waals surface area contributed by atoms with E-state index in [1.807, 2.05) is 12.1 Å². The Hall–Kier alpha value is -2.10. The molecule has 0 saturated heterocycles. The highest BCUT2D eigenvalue weighted by molar-refractivity contribution is 5.44. The third kappa shape index (κ3) is 1.64. The number of aromatic nitrogens is 2. The molecule has 0 fully saturated rings. The van der Waals surface area contributed by atoms with E-state index >= 15 is 0 Å². The van der Waals surface area contributed by atoms with Gasteiger partial charge >= 0.3 is 0 Å². The fourth-order valence-electron chi connectivity index (χ4n) is 1.12. The zero-order valence-corrected chi connectivity index (χ0v) is 7.42. The van der Waals surface area contributed by atoms with E-state index in [-0.39, 0.29) is 5.43 Å². The lowest BCUT2D eigenvalue weighted by atomic mass is 10.3. The Kier molecular flexibility index (Phi) is 2.02. The number of nitrogens with two attached hydrogens (primary N) is 1. The summed E-state index contributed by atoms with van der Waals surface area (Å²) in [6.45, 7) is 0. The van der Waals surface area contributed by atoms with Gasteiger partial charge in [-0.05, 0) is 24.3 Å². The predicted octanol–water partition coefficient (Wildman–Crippen LogP) is 0.815. The van der Waals surface area contributed by atoms with Crippen LogP contribution in [-0.4, -0.2) is 9.78 Å². The van der Waals surface area contributed by atoms with Crippen LogP contribution < -0.4 is 11.2 Å². The van der Waals surface area contributed by atoms with Crippen LogP contribution in [0.2, 0.25) is 0 Å². The van der Waals surface area contributed by atoms with Crippen LogP contribution in [0.25, 0.3) is 5.69 Å². The van der Waals surface area contributed by atoms with Gasteiger partial charge in [0, 0.05) is 18.0 Å². The standard InChI is InChI=1S/C10H9N3O/c11-8-1-3-9(4-2-8)13-6-5-10(14)7-12-13/h1-7H,11H2. The lowest BCUT2D eigenvalue weighted by Gasteiger charge is -2.03. The van der Waals surface area contributed by atoms with E-state index in [0.29, 0.717) is 5.69 Å². The second kappa shape index (κ2) is 3.33. The van der Waals surface area contributed by atoms with E-state index < -0.39 is 0 Å². The zero-order valence-electron chi connectivity index (χ0n) is 7.42. The first-order valence-electron chi connectivity index (χ1n) is 4.16. The van der Waals surface area contributed by atoms with Gasteiger partial charge in [-0.25, -0.2) is 4.68 Å². The Morgan fingerprint density at radius 2 is 1.86 bits per heavy atom. The van der Waals surface area contributed by atoms with Crippen LogP contribution in [0.5, 0.6) is 0 Å². The summed E-state index contributed by atoms with van der Waals surface area (Å²) in [6.07, 6.45) is 2.89. The molecule has 0 aliphatic heterocycles. The first-order valence-corrected chi connectivity index (χ1v) is 4.16. The number of nitrogens with zero attached hydrogens (tertiary/aromatic N) is 2. The zero-order chi connectivity index (χ0) is 9.97. The number of hydrogen-bond donors (Lipinski definition) is 1. The van der Waals surface area contributed by atoms with Crippen LogP contribution >= 0.6 is 0 Å². The van der Waals surface area contributed by atoms with Crippen LogP contribution in [0.3, 0.4) is 0 Å². The Morgan fingerprint density at radius 1 is 1.14 bits per heavy atom. The van der Waals surface area contributed by atoms with Crippen LogP contribution in [0.15, 0.2) is 47.5 Å². The summed E-state index contributed by atoms with van der Waals surface area (Å²) in [5, 5.41) is 3.94. The molecule has 1 aromatic heterocycles. The molecule has 0 aliphatic carbocycles. The van der Waals surface area contributed by atoms with Gasteiger partial charge in [0.05, 0.1) is 11.9 Å². The van der Waals surface area contributed by atoms with Crippen molar-refractivity contribution in [1.82, 2.24) is 9.78 Å². The normalized spacial score (nSPS) is 10.0. The number of rotatable bonds is 1. The summed E-state index contributed by atoms with van der Waals surface area (Å²) in [7, 11) is 0. The fraction of sp³-hybridized carbons (Fsp3) is 0. The molecule has 14 heavy (non-hydrogen) atoms. The van der Waals surface area contributed by atoms with Gasteiger partial charge in [-0.2, -0.15) is 5.10 Å². The second-order valence-electron chi connectivity index (χ2n) is 2.90. The molecule has 0 amide bonds. The summed E-state index contributed by atoms with van der Waals surface area (Å²) in [4.78, 5) is 10.8. The van der Waals surface area contributed by atoms with E-state index in [1.165, 1.54) is 12.3 Å². The van der Waals surface area contributed by atoms with Gasteiger partial charge < -0.3 is 5.73 Å². The Balaban J connectivity index is 2.44. The average Bonchev–Trinajstić information content (AvgIpc) is 2.21. The van der Waals surface area contributed by atoms with Crippen molar-refractivity contribution in [2.45, 2.75) is 0 Å². The molecule has 1 aromatic carbocycles. The van der Waals surface area contributed by atoms with Crippen molar-refractivity contribution >= 4 is 5.69 Å². The number of anilines is 1. The third-order valence-electron chi connectivity index (χ3n) is 1.85. The second-order valence-corrected chi connectivity index (χ2v) is 2.90. The molecule has 0 radical (unpaired) electrons. The van der Waals surface area contributed by atoms with Crippen molar-refractivity contribution < 1.29 is 0 Å². The van der Waals surface area contributed by atoms with Crippen molar-refractivity contribution in [2.75, 3.05) is 5.73 Å². The number of hydrogen-bond acceptors (Lipinski definition) is 3. The summed E-state index contributed by atoms with van der Waals surface area (Å²) in [6, 6.07) is 8.72. The Bertz CT molecular complexity index is 467. The molecule has 0 atom stereocenters. The lowest BCUT2D eigenvalue weighted by molar-refractivity contribution is 0.836. The molecular formula is C10H9N3O. The Labute approximate surface area is 80.6 Å². The molecule has 1 heterocycles. The van der Waals surface area contributed by atoms with Gasteiger partial charge in [-0.1, -0.05) is 0 Å². The maximum absolute atomic E-state index is 10.8. The molecule has 70 valence electrons. The van der Waals surface area contributed by atoms with E-state index in [2.05, 4.69) is 5.10 Å². The smallest absolute Gasteiger partial charge is 0.200 e.